The molecule has 0 aromatic heterocycles. The Balaban J connectivity index is 2.65. The van der Waals surface area contributed by atoms with Crippen molar-refractivity contribution in [3.63, 3.8) is 0 Å². The standard InChI is InChI=1S/C9H16O3/c1-8(5-10)9(6-11)3-2-4-12-7-9/h6,8,10H,2-5,7H2,1H3. The van der Waals surface area contributed by atoms with E-state index in [1.165, 1.54) is 0 Å². The Morgan fingerprint density at radius 3 is 2.92 bits per heavy atom. The first kappa shape index (κ1) is 9.68. The van der Waals surface area contributed by atoms with Crippen LogP contribution in [0.1, 0.15) is 19.8 Å². The molecule has 0 aromatic rings. The van der Waals surface area contributed by atoms with Crippen LogP contribution in [0.2, 0.25) is 0 Å². The second-order valence-corrected chi connectivity index (χ2v) is 3.59. The number of carbonyl (C=O) groups is 1. The van der Waals surface area contributed by atoms with Gasteiger partial charge in [0.2, 0.25) is 0 Å². The van der Waals surface area contributed by atoms with Crippen molar-refractivity contribution < 1.29 is 14.6 Å². The molecule has 3 heteroatoms. The summed E-state index contributed by atoms with van der Waals surface area (Å²) in [6.45, 7) is 3.16. The molecule has 1 aliphatic heterocycles. The maximum Gasteiger partial charge on any atom is 0.128 e. The molecule has 1 aliphatic rings. The lowest BCUT2D eigenvalue weighted by atomic mass is 9.74. The van der Waals surface area contributed by atoms with E-state index < -0.39 is 5.41 Å². The number of rotatable bonds is 3. The summed E-state index contributed by atoms with van der Waals surface area (Å²) in [6.07, 6.45) is 2.72. The van der Waals surface area contributed by atoms with Crippen molar-refractivity contribution in [3.8, 4) is 0 Å². The zero-order chi connectivity index (χ0) is 9.03. The lowest BCUT2D eigenvalue weighted by Gasteiger charge is -2.36. The Bertz CT molecular complexity index is 150. The topological polar surface area (TPSA) is 46.5 Å². The summed E-state index contributed by atoms with van der Waals surface area (Å²) >= 11 is 0. The Morgan fingerprint density at radius 2 is 2.50 bits per heavy atom. The number of carbonyl (C=O) groups excluding carboxylic acids is 1. The predicted molar refractivity (Wildman–Crippen MR) is 44.8 cm³/mol. The smallest absolute Gasteiger partial charge is 0.128 e. The Hall–Kier alpha value is -0.410. The first-order valence-corrected chi connectivity index (χ1v) is 4.40. The van der Waals surface area contributed by atoms with Gasteiger partial charge >= 0.3 is 0 Å². The predicted octanol–water partition coefficient (Wildman–Crippen LogP) is 0.610. The van der Waals surface area contributed by atoms with Crippen molar-refractivity contribution in [1.82, 2.24) is 0 Å². The lowest BCUT2D eigenvalue weighted by molar-refractivity contribution is -0.130. The summed E-state index contributed by atoms with van der Waals surface area (Å²) in [5.74, 6) is 0.00954. The van der Waals surface area contributed by atoms with E-state index in [2.05, 4.69) is 0 Å². The van der Waals surface area contributed by atoms with Crippen LogP contribution in [0.5, 0.6) is 0 Å². The fourth-order valence-corrected chi connectivity index (χ4v) is 1.62. The molecule has 0 aliphatic carbocycles. The number of aliphatic hydroxyl groups excluding tert-OH is 1. The van der Waals surface area contributed by atoms with Crippen LogP contribution in [-0.2, 0) is 9.53 Å². The summed E-state index contributed by atoms with van der Waals surface area (Å²) in [5, 5.41) is 8.97. The van der Waals surface area contributed by atoms with Gasteiger partial charge in [0, 0.05) is 13.2 Å². The molecular weight excluding hydrogens is 156 g/mol. The van der Waals surface area contributed by atoms with E-state index in [4.69, 9.17) is 9.84 Å². The first-order chi connectivity index (χ1) is 5.75. The van der Waals surface area contributed by atoms with Gasteiger partial charge in [0.15, 0.2) is 0 Å². The highest BCUT2D eigenvalue weighted by molar-refractivity contribution is 5.60. The number of ether oxygens (including phenoxy) is 1. The highest BCUT2D eigenvalue weighted by Gasteiger charge is 2.37. The number of hydrogen-bond donors (Lipinski definition) is 1. The molecule has 1 saturated heterocycles. The van der Waals surface area contributed by atoms with Crippen molar-refractivity contribution in [2.75, 3.05) is 19.8 Å². The van der Waals surface area contributed by atoms with Crippen LogP contribution in [0.25, 0.3) is 0 Å². The summed E-state index contributed by atoms with van der Waals surface area (Å²) in [5.41, 5.74) is -0.424. The summed E-state index contributed by atoms with van der Waals surface area (Å²) in [6, 6.07) is 0. The maximum atomic E-state index is 10.9. The van der Waals surface area contributed by atoms with E-state index in [1.54, 1.807) is 0 Å². The van der Waals surface area contributed by atoms with E-state index in [0.29, 0.717) is 6.61 Å². The van der Waals surface area contributed by atoms with E-state index in [0.717, 1.165) is 25.7 Å². The zero-order valence-corrected chi connectivity index (χ0v) is 7.45. The van der Waals surface area contributed by atoms with Gasteiger partial charge in [-0.1, -0.05) is 6.92 Å². The van der Waals surface area contributed by atoms with Gasteiger partial charge in [-0.15, -0.1) is 0 Å². The van der Waals surface area contributed by atoms with Gasteiger partial charge in [0.1, 0.15) is 6.29 Å². The first-order valence-electron chi connectivity index (χ1n) is 4.40. The highest BCUT2D eigenvalue weighted by Crippen LogP contribution is 2.33. The van der Waals surface area contributed by atoms with Crippen molar-refractivity contribution in [2.45, 2.75) is 19.8 Å². The molecular formula is C9H16O3. The molecule has 1 rings (SSSR count). The van der Waals surface area contributed by atoms with Crippen LogP contribution in [0, 0.1) is 11.3 Å². The quantitative estimate of drug-likeness (QED) is 0.634. The third-order valence-corrected chi connectivity index (χ3v) is 2.79. The Kier molecular flexibility index (Phi) is 3.23. The van der Waals surface area contributed by atoms with Crippen molar-refractivity contribution >= 4 is 6.29 Å². The van der Waals surface area contributed by atoms with Gasteiger partial charge < -0.3 is 14.6 Å². The highest BCUT2D eigenvalue weighted by atomic mass is 16.5. The van der Waals surface area contributed by atoms with Gasteiger partial charge in [-0.05, 0) is 18.8 Å². The molecule has 1 heterocycles. The monoisotopic (exact) mass is 172 g/mol. The molecule has 1 N–H and O–H groups in total. The van der Waals surface area contributed by atoms with Crippen LogP contribution < -0.4 is 0 Å². The molecule has 3 nitrogen and oxygen atoms in total. The van der Waals surface area contributed by atoms with Crippen molar-refractivity contribution in [2.24, 2.45) is 11.3 Å². The molecule has 0 saturated carbocycles. The molecule has 0 aromatic carbocycles. The average Bonchev–Trinajstić information content (AvgIpc) is 2.17. The Morgan fingerprint density at radius 1 is 1.75 bits per heavy atom. The summed E-state index contributed by atoms with van der Waals surface area (Å²) in [7, 11) is 0. The van der Waals surface area contributed by atoms with E-state index in [1.807, 2.05) is 6.92 Å². The van der Waals surface area contributed by atoms with E-state index in [9.17, 15) is 4.79 Å². The summed E-state index contributed by atoms with van der Waals surface area (Å²) < 4.78 is 5.26. The van der Waals surface area contributed by atoms with Crippen LogP contribution in [0.4, 0.5) is 0 Å². The van der Waals surface area contributed by atoms with Gasteiger partial charge in [0.25, 0.3) is 0 Å². The van der Waals surface area contributed by atoms with Crippen LogP contribution in [0.3, 0.4) is 0 Å². The third kappa shape index (κ3) is 1.67. The van der Waals surface area contributed by atoms with Gasteiger partial charge in [-0.3, -0.25) is 0 Å². The van der Waals surface area contributed by atoms with Crippen LogP contribution in [-0.4, -0.2) is 31.2 Å². The molecule has 0 radical (unpaired) electrons. The number of hydrogen-bond acceptors (Lipinski definition) is 3. The van der Waals surface area contributed by atoms with Gasteiger partial charge in [0.05, 0.1) is 12.0 Å². The minimum Gasteiger partial charge on any atom is -0.396 e. The SMILES string of the molecule is CC(CO)C1(C=O)CCCOC1. The normalized spacial score (nSPS) is 32.8. The second kappa shape index (κ2) is 4.01. The summed E-state index contributed by atoms with van der Waals surface area (Å²) in [4.78, 5) is 10.9. The fourth-order valence-electron chi connectivity index (χ4n) is 1.62. The molecule has 12 heavy (non-hydrogen) atoms. The largest absolute Gasteiger partial charge is 0.396 e. The molecule has 0 amide bonds. The minimum atomic E-state index is -0.424. The molecule has 1 fully saturated rings. The van der Waals surface area contributed by atoms with Crippen LogP contribution >= 0.6 is 0 Å². The third-order valence-electron chi connectivity index (χ3n) is 2.79. The zero-order valence-electron chi connectivity index (χ0n) is 7.45. The van der Waals surface area contributed by atoms with E-state index in [-0.39, 0.29) is 12.5 Å². The van der Waals surface area contributed by atoms with Crippen molar-refractivity contribution in [1.29, 1.82) is 0 Å². The van der Waals surface area contributed by atoms with Gasteiger partial charge in [-0.25, -0.2) is 0 Å². The molecule has 0 spiro atoms. The number of aldehydes is 1. The fraction of sp³-hybridized carbons (Fsp3) is 0.889. The minimum absolute atomic E-state index is 0.00954. The Labute approximate surface area is 72.7 Å². The number of aliphatic hydroxyl groups is 1. The molecule has 2 unspecified atom stereocenters. The second-order valence-electron chi connectivity index (χ2n) is 3.59. The van der Waals surface area contributed by atoms with Crippen LogP contribution in [0.15, 0.2) is 0 Å². The molecule has 0 bridgehead atoms. The van der Waals surface area contributed by atoms with Gasteiger partial charge in [-0.2, -0.15) is 0 Å². The van der Waals surface area contributed by atoms with Crippen molar-refractivity contribution in [3.05, 3.63) is 0 Å². The van der Waals surface area contributed by atoms with E-state index >= 15 is 0 Å². The lowest BCUT2D eigenvalue weighted by Crippen LogP contribution is -2.40. The molecule has 2 atom stereocenters. The molecule has 70 valence electrons. The maximum absolute atomic E-state index is 10.9. The average molecular weight is 172 g/mol.